The molecule has 0 saturated heterocycles. The van der Waals surface area contributed by atoms with Crippen molar-refractivity contribution in [2.75, 3.05) is 5.01 Å². The average Bonchev–Trinajstić information content (AvgIpc) is 2.83. The molecular formula is C28H20N2. The summed E-state index contributed by atoms with van der Waals surface area (Å²) in [5, 5.41) is 12.4. The normalized spacial score (nSPS) is 13.0. The van der Waals surface area contributed by atoms with Gasteiger partial charge in [-0.1, -0.05) is 91.0 Å². The molecule has 0 amide bonds. The molecule has 5 aromatic rings. The lowest BCUT2D eigenvalue weighted by Crippen LogP contribution is -2.21. The van der Waals surface area contributed by atoms with Gasteiger partial charge in [0, 0.05) is 16.5 Å². The highest BCUT2D eigenvalue weighted by molar-refractivity contribution is 6.28. The Labute approximate surface area is 175 Å². The first kappa shape index (κ1) is 17.0. The molecule has 1 heterocycles. The van der Waals surface area contributed by atoms with E-state index in [0.717, 1.165) is 17.0 Å². The molecule has 0 spiro atoms. The van der Waals surface area contributed by atoms with Gasteiger partial charge in [0.1, 0.15) is 0 Å². The van der Waals surface area contributed by atoms with E-state index in [-0.39, 0.29) is 0 Å². The second kappa shape index (κ2) is 6.57. The van der Waals surface area contributed by atoms with Crippen molar-refractivity contribution in [2.24, 2.45) is 5.10 Å². The number of hydrogen-bond donors (Lipinski definition) is 0. The number of para-hydroxylation sites is 1. The third kappa shape index (κ3) is 2.40. The molecule has 0 radical (unpaired) electrons. The summed E-state index contributed by atoms with van der Waals surface area (Å²) in [6.07, 6.45) is 0. The Morgan fingerprint density at radius 2 is 1.23 bits per heavy atom. The van der Waals surface area contributed by atoms with Gasteiger partial charge in [0.15, 0.2) is 0 Å². The maximum Gasteiger partial charge on any atom is 0.0991 e. The van der Waals surface area contributed by atoms with Crippen LogP contribution in [-0.2, 0) is 0 Å². The Balaban J connectivity index is 1.79. The summed E-state index contributed by atoms with van der Waals surface area (Å²) in [7, 11) is 0. The first-order valence-corrected chi connectivity index (χ1v) is 10.3. The van der Waals surface area contributed by atoms with Gasteiger partial charge in [-0.3, -0.25) is 0 Å². The Kier molecular flexibility index (Phi) is 3.72. The number of anilines is 2. The number of rotatable bonds is 2. The Bertz CT molecular complexity index is 1430. The van der Waals surface area contributed by atoms with E-state index >= 15 is 0 Å². The van der Waals surface area contributed by atoms with E-state index in [1.54, 1.807) is 0 Å². The summed E-state index contributed by atoms with van der Waals surface area (Å²) in [6, 6.07) is 36.2. The number of benzene rings is 5. The predicted molar refractivity (Wildman–Crippen MR) is 127 cm³/mol. The summed E-state index contributed by atoms with van der Waals surface area (Å²) in [4.78, 5) is 0. The van der Waals surface area contributed by atoms with E-state index in [1.807, 2.05) is 12.1 Å². The third-order valence-electron chi connectivity index (χ3n) is 5.99. The number of hydrogen-bond acceptors (Lipinski definition) is 2. The summed E-state index contributed by atoms with van der Waals surface area (Å²) in [5.41, 5.74) is 6.82. The zero-order valence-corrected chi connectivity index (χ0v) is 16.7. The molecule has 30 heavy (non-hydrogen) atoms. The molecule has 142 valence electrons. The fourth-order valence-electron chi connectivity index (χ4n) is 4.62. The van der Waals surface area contributed by atoms with Crippen LogP contribution in [0.25, 0.3) is 21.5 Å². The Hall–Kier alpha value is -3.91. The predicted octanol–water partition coefficient (Wildman–Crippen LogP) is 7.21. The minimum atomic E-state index is 1.01. The van der Waals surface area contributed by atoms with Gasteiger partial charge in [0.05, 0.1) is 17.1 Å². The van der Waals surface area contributed by atoms with Gasteiger partial charge in [-0.15, -0.1) is 0 Å². The van der Waals surface area contributed by atoms with E-state index in [4.69, 9.17) is 5.10 Å². The van der Waals surface area contributed by atoms with Crippen LogP contribution < -0.4 is 5.01 Å². The number of aryl methyl sites for hydroxylation is 1. The smallest absolute Gasteiger partial charge is 0.0991 e. The highest BCUT2D eigenvalue weighted by Crippen LogP contribution is 2.45. The van der Waals surface area contributed by atoms with Crippen LogP contribution in [-0.4, -0.2) is 5.71 Å². The molecule has 5 aromatic carbocycles. The first-order valence-electron chi connectivity index (χ1n) is 10.3. The van der Waals surface area contributed by atoms with Crippen LogP contribution in [0.2, 0.25) is 0 Å². The van der Waals surface area contributed by atoms with Crippen LogP contribution in [0.3, 0.4) is 0 Å². The van der Waals surface area contributed by atoms with Gasteiger partial charge >= 0.3 is 0 Å². The number of fused-ring (bicyclic) bond motifs is 2. The first-order chi connectivity index (χ1) is 14.8. The van der Waals surface area contributed by atoms with E-state index in [1.165, 1.54) is 38.4 Å². The molecule has 0 atom stereocenters. The molecule has 0 aliphatic carbocycles. The van der Waals surface area contributed by atoms with Crippen LogP contribution in [0, 0.1) is 6.92 Å². The van der Waals surface area contributed by atoms with Crippen LogP contribution >= 0.6 is 0 Å². The molecular weight excluding hydrogens is 364 g/mol. The molecule has 0 fully saturated rings. The fourth-order valence-corrected chi connectivity index (χ4v) is 4.62. The lowest BCUT2D eigenvalue weighted by molar-refractivity contribution is 1.07. The van der Waals surface area contributed by atoms with Crippen molar-refractivity contribution in [3.63, 3.8) is 0 Å². The molecule has 6 rings (SSSR count). The van der Waals surface area contributed by atoms with Gasteiger partial charge < -0.3 is 0 Å². The quantitative estimate of drug-likeness (QED) is 0.294. The highest BCUT2D eigenvalue weighted by atomic mass is 15.5. The summed E-state index contributed by atoms with van der Waals surface area (Å²) in [5.74, 6) is 0. The van der Waals surface area contributed by atoms with Gasteiger partial charge in [0.2, 0.25) is 0 Å². The minimum Gasteiger partial charge on any atom is -0.232 e. The maximum absolute atomic E-state index is 5.21. The molecule has 2 heteroatoms. The highest BCUT2D eigenvalue weighted by Gasteiger charge is 2.27. The molecule has 0 unspecified atom stereocenters. The van der Waals surface area contributed by atoms with Gasteiger partial charge in [-0.25, -0.2) is 5.01 Å². The van der Waals surface area contributed by atoms with Crippen LogP contribution in [0.5, 0.6) is 0 Å². The van der Waals surface area contributed by atoms with Crippen molar-refractivity contribution < 1.29 is 0 Å². The second-order valence-corrected chi connectivity index (χ2v) is 7.71. The van der Waals surface area contributed by atoms with Gasteiger partial charge in [-0.2, -0.15) is 5.10 Å². The summed E-state index contributed by atoms with van der Waals surface area (Å²) >= 11 is 0. The summed E-state index contributed by atoms with van der Waals surface area (Å²) in [6.45, 7) is 2.22. The van der Waals surface area contributed by atoms with Crippen LogP contribution in [0.15, 0.2) is 108 Å². The fraction of sp³-hybridized carbons (Fsp3) is 0.0357. The standard InChI is InChI=1S/C28H20N2/c1-19-22-15-8-9-16-23(22)24-17-10-18-25-26(24)28(19)30(21-13-6-3-7-14-21)29-27(25)20-11-4-2-5-12-20/h2-18H,1H3. The van der Waals surface area contributed by atoms with Crippen molar-refractivity contribution in [1.29, 1.82) is 0 Å². The third-order valence-corrected chi connectivity index (χ3v) is 5.99. The van der Waals surface area contributed by atoms with Crippen molar-refractivity contribution in [2.45, 2.75) is 6.92 Å². The molecule has 0 saturated carbocycles. The molecule has 0 aromatic heterocycles. The van der Waals surface area contributed by atoms with E-state index < -0.39 is 0 Å². The van der Waals surface area contributed by atoms with Crippen molar-refractivity contribution in [1.82, 2.24) is 0 Å². The lowest BCUT2D eigenvalue weighted by atomic mass is 9.88. The van der Waals surface area contributed by atoms with E-state index in [2.05, 4.69) is 103 Å². The second-order valence-electron chi connectivity index (χ2n) is 7.71. The molecule has 0 bridgehead atoms. The van der Waals surface area contributed by atoms with Crippen molar-refractivity contribution in [3.8, 4) is 0 Å². The van der Waals surface area contributed by atoms with Crippen LogP contribution in [0.4, 0.5) is 11.4 Å². The monoisotopic (exact) mass is 384 g/mol. The Morgan fingerprint density at radius 3 is 2.00 bits per heavy atom. The van der Waals surface area contributed by atoms with Gasteiger partial charge in [-0.05, 0) is 40.8 Å². The topological polar surface area (TPSA) is 15.6 Å². The SMILES string of the molecule is Cc1c2c3c(cccc3c3ccccc13)C(c1ccccc1)=NN2c1ccccc1. The number of nitrogens with zero attached hydrogens (tertiary/aromatic N) is 2. The minimum absolute atomic E-state index is 1.01. The van der Waals surface area contributed by atoms with Crippen LogP contribution in [0.1, 0.15) is 16.7 Å². The number of hydrazone groups is 1. The summed E-state index contributed by atoms with van der Waals surface area (Å²) < 4.78 is 0. The molecule has 0 N–H and O–H groups in total. The average molecular weight is 384 g/mol. The zero-order chi connectivity index (χ0) is 20.1. The maximum atomic E-state index is 5.21. The zero-order valence-electron chi connectivity index (χ0n) is 16.7. The molecule has 1 aliphatic heterocycles. The van der Waals surface area contributed by atoms with E-state index in [0.29, 0.717) is 0 Å². The van der Waals surface area contributed by atoms with E-state index in [9.17, 15) is 0 Å². The van der Waals surface area contributed by atoms with Crippen molar-refractivity contribution >= 4 is 38.6 Å². The Morgan fingerprint density at radius 1 is 0.600 bits per heavy atom. The molecule has 1 aliphatic rings. The van der Waals surface area contributed by atoms with Gasteiger partial charge in [0.25, 0.3) is 0 Å². The lowest BCUT2D eigenvalue weighted by Gasteiger charge is -2.31. The largest absolute Gasteiger partial charge is 0.232 e. The molecule has 2 nitrogen and oxygen atoms in total. The van der Waals surface area contributed by atoms with Crippen molar-refractivity contribution in [3.05, 3.63) is 120 Å².